The summed E-state index contributed by atoms with van der Waals surface area (Å²) in [5.74, 6) is 0. The van der Waals surface area contributed by atoms with Crippen LogP contribution < -0.4 is 0 Å². The van der Waals surface area contributed by atoms with Crippen molar-refractivity contribution in [3.8, 4) is 6.07 Å². The van der Waals surface area contributed by atoms with E-state index in [1.54, 1.807) is 0 Å². The molecule has 11 heavy (non-hydrogen) atoms. The molecule has 2 nitrogen and oxygen atoms in total. The fourth-order valence-corrected chi connectivity index (χ4v) is 0.750. The predicted octanol–water partition coefficient (Wildman–Crippen LogP) is 1.55. The first kappa shape index (κ1) is 10.2. The fraction of sp³-hybridized carbons (Fsp3) is 0.667. The van der Waals surface area contributed by atoms with E-state index in [2.05, 4.69) is 6.07 Å². The molecule has 0 fully saturated rings. The lowest BCUT2D eigenvalue weighted by Gasteiger charge is -2.27. The van der Waals surface area contributed by atoms with Gasteiger partial charge >= 0.3 is 0 Å². The summed E-state index contributed by atoms with van der Waals surface area (Å²) in [4.78, 5) is 0. The molecule has 0 aromatic carbocycles. The Kier molecular flexibility index (Phi) is 3.28. The van der Waals surface area contributed by atoms with Gasteiger partial charge in [-0.2, -0.15) is 5.26 Å². The number of quaternary nitrogens is 1. The largest absolute Gasteiger partial charge is 0.313 e. The average molecular weight is 153 g/mol. The molecule has 0 N–H and O–H groups in total. The van der Waals surface area contributed by atoms with Crippen LogP contribution in [0.4, 0.5) is 0 Å². The van der Waals surface area contributed by atoms with Gasteiger partial charge in [0.2, 0.25) is 0 Å². The van der Waals surface area contributed by atoms with E-state index < -0.39 is 0 Å². The number of nitrogens with zero attached hydrogens (tertiary/aromatic N) is 2. The molecular weight excluding hydrogens is 136 g/mol. The summed E-state index contributed by atoms with van der Waals surface area (Å²) < 4.78 is 0.668. The van der Waals surface area contributed by atoms with Crippen molar-refractivity contribution in [1.82, 2.24) is 0 Å². The molecule has 1 atom stereocenters. The molecular formula is C9H17N2+. The Bertz CT molecular complexity index is 187. The normalized spacial score (nSPS) is 13.5. The Morgan fingerprint density at radius 1 is 1.36 bits per heavy atom. The van der Waals surface area contributed by atoms with Gasteiger partial charge in [-0.05, 0) is 19.9 Å². The third-order valence-electron chi connectivity index (χ3n) is 1.46. The molecule has 0 saturated carbocycles. The van der Waals surface area contributed by atoms with E-state index in [0.717, 1.165) is 0 Å². The summed E-state index contributed by atoms with van der Waals surface area (Å²) in [6, 6.07) is 2.24. The maximum Gasteiger partial charge on any atom is 0.194 e. The molecule has 0 aliphatic carbocycles. The van der Waals surface area contributed by atoms with Crippen LogP contribution in [0.2, 0.25) is 0 Å². The van der Waals surface area contributed by atoms with Crippen LogP contribution in [0.5, 0.6) is 0 Å². The summed E-state index contributed by atoms with van der Waals surface area (Å²) in [6.07, 6.45) is 2.00. The van der Waals surface area contributed by atoms with Crippen molar-refractivity contribution in [2.45, 2.75) is 19.9 Å². The molecule has 0 aromatic rings. The van der Waals surface area contributed by atoms with Crippen molar-refractivity contribution in [2.75, 3.05) is 21.1 Å². The van der Waals surface area contributed by atoms with E-state index in [1.807, 2.05) is 41.1 Å². The van der Waals surface area contributed by atoms with Gasteiger partial charge in [0.1, 0.15) is 6.07 Å². The van der Waals surface area contributed by atoms with Gasteiger partial charge in [-0.1, -0.05) is 5.57 Å². The predicted molar refractivity (Wildman–Crippen MR) is 46.9 cm³/mol. The Balaban J connectivity index is 4.47. The summed E-state index contributed by atoms with van der Waals surface area (Å²) >= 11 is 0. The topological polar surface area (TPSA) is 23.8 Å². The van der Waals surface area contributed by atoms with Gasteiger partial charge in [0, 0.05) is 0 Å². The summed E-state index contributed by atoms with van der Waals surface area (Å²) in [7, 11) is 6.06. The Morgan fingerprint density at radius 3 is 1.91 bits per heavy atom. The van der Waals surface area contributed by atoms with Gasteiger partial charge in [0.05, 0.1) is 21.1 Å². The monoisotopic (exact) mass is 153 g/mol. The van der Waals surface area contributed by atoms with E-state index in [0.29, 0.717) is 4.48 Å². The minimum absolute atomic E-state index is 0.0278. The molecule has 0 aromatic heterocycles. The van der Waals surface area contributed by atoms with Crippen LogP contribution in [0.15, 0.2) is 11.6 Å². The van der Waals surface area contributed by atoms with Gasteiger partial charge in [-0.25, -0.2) is 0 Å². The zero-order chi connectivity index (χ0) is 9.07. The van der Waals surface area contributed by atoms with Gasteiger partial charge in [-0.15, -0.1) is 0 Å². The Labute approximate surface area is 69.3 Å². The maximum absolute atomic E-state index is 8.80. The van der Waals surface area contributed by atoms with Crippen molar-refractivity contribution < 1.29 is 4.48 Å². The molecule has 2 heteroatoms. The van der Waals surface area contributed by atoms with E-state index >= 15 is 0 Å². The third-order valence-corrected chi connectivity index (χ3v) is 1.46. The summed E-state index contributed by atoms with van der Waals surface area (Å²) in [5, 5.41) is 8.80. The highest BCUT2D eigenvalue weighted by Gasteiger charge is 2.19. The molecule has 0 bridgehead atoms. The number of rotatable bonds is 2. The first-order valence-corrected chi connectivity index (χ1v) is 3.73. The minimum Gasteiger partial charge on any atom is -0.313 e. The molecule has 0 aliphatic rings. The van der Waals surface area contributed by atoms with Crippen LogP contribution in [0.3, 0.4) is 0 Å². The summed E-state index contributed by atoms with van der Waals surface area (Å²) in [6.45, 7) is 4.03. The lowest BCUT2D eigenvalue weighted by atomic mass is 10.2. The Morgan fingerprint density at radius 2 is 1.82 bits per heavy atom. The van der Waals surface area contributed by atoms with Gasteiger partial charge in [0.25, 0.3) is 0 Å². The minimum atomic E-state index is -0.0278. The van der Waals surface area contributed by atoms with Crippen LogP contribution in [0.25, 0.3) is 0 Å². The molecule has 62 valence electrons. The average Bonchev–Trinajstić information content (AvgIpc) is 1.79. The number of hydrogen-bond donors (Lipinski definition) is 0. The van der Waals surface area contributed by atoms with E-state index in [1.165, 1.54) is 5.57 Å². The number of nitriles is 1. The molecule has 0 amide bonds. The second kappa shape index (κ2) is 3.54. The molecule has 1 unspecified atom stereocenters. The first-order chi connectivity index (χ1) is 4.88. The van der Waals surface area contributed by atoms with Crippen molar-refractivity contribution >= 4 is 0 Å². The van der Waals surface area contributed by atoms with Crippen LogP contribution in [0.1, 0.15) is 13.8 Å². The number of likely N-dealkylation sites (N-methyl/N-ethyl adjacent to an activating group) is 1. The lowest BCUT2D eigenvalue weighted by Crippen LogP contribution is -2.43. The third kappa shape index (κ3) is 3.79. The molecule has 0 rings (SSSR count). The van der Waals surface area contributed by atoms with Crippen molar-refractivity contribution in [1.29, 1.82) is 5.26 Å². The van der Waals surface area contributed by atoms with Crippen LogP contribution >= 0.6 is 0 Å². The van der Waals surface area contributed by atoms with E-state index in [4.69, 9.17) is 5.26 Å². The Hall–Kier alpha value is -0.810. The SMILES string of the molecule is CC(C)=CC(C#N)[N+](C)(C)C. The molecule has 0 saturated heterocycles. The lowest BCUT2D eigenvalue weighted by molar-refractivity contribution is -0.881. The number of allylic oxidation sites excluding steroid dienone is 1. The fourth-order valence-electron chi connectivity index (χ4n) is 0.750. The van der Waals surface area contributed by atoms with Crippen molar-refractivity contribution in [3.63, 3.8) is 0 Å². The highest BCUT2D eigenvalue weighted by atomic mass is 15.3. The molecule has 0 aliphatic heterocycles. The van der Waals surface area contributed by atoms with Gasteiger partial charge in [0.15, 0.2) is 6.04 Å². The second-order valence-corrected chi connectivity index (χ2v) is 3.93. The van der Waals surface area contributed by atoms with Crippen LogP contribution in [-0.4, -0.2) is 31.7 Å². The molecule has 0 heterocycles. The van der Waals surface area contributed by atoms with Crippen LogP contribution in [-0.2, 0) is 0 Å². The standard InChI is InChI=1S/C9H17N2/c1-8(2)6-9(7-10)11(3,4)5/h6,9H,1-5H3/q+1. The second-order valence-electron chi connectivity index (χ2n) is 3.93. The van der Waals surface area contributed by atoms with Crippen molar-refractivity contribution in [3.05, 3.63) is 11.6 Å². The zero-order valence-electron chi connectivity index (χ0n) is 8.05. The van der Waals surface area contributed by atoms with Gasteiger partial charge in [-0.3, -0.25) is 0 Å². The highest BCUT2D eigenvalue weighted by Crippen LogP contribution is 2.05. The van der Waals surface area contributed by atoms with E-state index in [-0.39, 0.29) is 6.04 Å². The van der Waals surface area contributed by atoms with Crippen LogP contribution in [0, 0.1) is 11.3 Å². The van der Waals surface area contributed by atoms with Crippen molar-refractivity contribution in [2.24, 2.45) is 0 Å². The summed E-state index contributed by atoms with van der Waals surface area (Å²) in [5.41, 5.74) is 1.20. The zero-order valence-corrected chi connectivity index (χ0v) is 8.05. The number of hydrogen-bond acceptors (Lipinski definition) is 1. The molecule has 0 radical (unpaired) electrons. The van der Waals surface area contributed by atoms with Gasteiger partial charge < -0.3 is 4.48 Å². The quantitative estimate of drug-likeness (QED) is 0.436. The first-order valence-electron chi connectivity index (χ1n) is 3.73. The smallest absolute Gasteiger partial charge is 0.194 e. The maximum atomic E-state index is 8.80. The molecule has 0 spiro atoms. The van der Waals surface area contributed by atoms with E-state index in [9.17, 15) is 0 Å². The highest BCUT2D eigenvalue weighted by molar-refractivity contribution is 5.07.